The van der Waals surface area contributed by atoms with Gasteiger partial charge in [0.25, 0.3) is 0 Å². The summed E-state index contributed by atoms with van der Waals surface area (Å²) in [4.78, 5) is 22.6. The number of rotatable bonds is 5. The second kappa shape index (κ2) is 7.58. The van der Waals surface area contributed by atoms with Crippen molar-refractivity contribution in [1.29, 1.82) is 0 Å². The number of halogens is 2. The zero-order valence-electron chi connectivity index (χ0n) is 10.4. The summed E-state index contributed by atoms with van der Waals surface area (Å²) < 4.78 is 13.4. The molecule has 0 saturated heterocycles. The van der Waals surface area contributed by atoms with Gasteiger partial charge in [0.15, 0.2) is 0 Å². The van der Waals surface area contributed by atoms with Gasteiger partial charge in [0.1, 0.15) is 5.82 Å². The molecule has 0 heterocycles. The largest absolute Gasteiger partial charge is 0.374 e. The number of hydrogen-bond acceptors (Lipinski definition) is 3. The first kappa shape index (κ1) is 15.2. The molecule has 104 valence electrons. The van der Waals surface area contributed by atoms with Crippen LogP contribution in [-0.4, -0.2) is 25.0 Å². The number of anilines is 1. The average Bonchev–Trinajstić information content (AvgIpc) is 2.35. The predicted octanol–water partition coefficient (Wildman–Crippen LogP) is 2.13. The lowest BCUT2D eigenvalue weighted by Gasteiger charge is -2.08. The van der Waals surface area contributed by atoms with Crippen molar-refractivity contribution in [3.63, 3.8) is 0 Å². The summed E-state index contributed by atoms with van der Waals surface area (Å²) in [6.45, 7) is 2.17. The molecular formula is C12H15ClFN3O2. The number of hydrogen-bond donors (Lipinski definition) is 3. The van der Waals surface area contributed by atoms with Crippen molar-refractivity contribution in [1.82, 2.24) is 10.6 Å². The van der Waals surface area contributed by atoms with E-state index in [4.69, 9.17) is 11.6 Å². The van der Waals surface area contributed by atoms with Gasteiger partial charge in [-0.05, 0) is 24.6 Å². The highest BCUT2D eigenvalue weighted by Gasteiger charge is 2.08. The number of amides is 3. The molecule has 0 aliphatic carbocycles. The molecule has 0 aromatic heterocycles. The predicted molar refractivity (Wildman–Crippen MR) is 71.7 cm³/mol. The van der Waals surface area contributed by atoms with Gasteiger partial charge < -0.3 is 10.6 Å². The Labute approximate surface area is 115 Å². The van der Waals surface area contributed by atoms with Crippen LogP contribution in [0.1, 0.15) is 13.3 Å². The Morgan fingerprint density at radius 1 is 1.37 bits per heavy atom. The minimum atomic E-state index is -0.565. The number of carbonyl (C=O) groups is 2. The number of nitrogens with one attached hydrogen (secondary N) is 3. The Morgan fingerprint density at radius 3 is 2.74 bits per heavy atom. The van der Waals surface area contributed by atoms with Gasteiger partial charge in [-0.2, -0.15) is 0 Å². The molecule has 1 rings (SSSR count). The second-order valence-corrected chi connectivity index (χ2v) is 4.22. The summed E-state index contributed by atoms with van der Waals surface area (Å²) in [5, 5.41) is 7.45. The highest BCUT2D eigenvalue weighted by atomic mass is 35.5. The van der Waals surface area contributed by atoms with E-state index in [2.05, 4.69) is 16.0 Å². The Hall–Kier alpha value is -1.82. The van der Waals surface area contributed by atoms with Gasteiger partial charge in [0, 0.05) is 11.6 Å². The molecule has 19 heavy (non-hydrogen) atoms. The summed E-state index contributed by atoms with van der Waals surface area (Å²) in [5.74, 6) is -1.11. The summed E-state index contributed by atoms with van der Waals surface area (Å²) >= 11 is 5.60. The third kappa shape index (κ3) is 5.56. The zero-order valence-corrected chi connectivity index (χ0v) is 11.2. The van der Waals surface area contributed by atoms with Crippen molar-refractivity contribution in [2.75, 3.05) is 18.4 Å². The fraction of sp³-hybridized carbons (Fsp3) is 0.333. The number of carbonyl (C=O) groups excluding carboxylic acids is 2. The number of imide groups is 1. The van der Waals surface area contributed by atoms with Crippen molar-refractivity contribution in [3.8, 4) is 0 Å². The van der Waals surface area contributed by atoms with Crippen LogP contribution >= 0.6 is 11.6 Å². The molecule has 3 N–H and O–H groups in total. The van der Waals surface area contributed by atoms with Crippen LogP contribution in [0.15, 0.2) is 18.2 Å². The molecule has 0 spiro atoms. The standard InChI is InChI=1S/C12H15ClFN3O2/c1-2-5-15-12(19)17-11(18)7-16-10-4-3-8(13)6-9(10)14/h3-4,6,16H,2,5,7H2,1H3,(H2,15,17,18,19). The van der Waals surface area contributed by atoms with Gasteiger partial charge in [0.05, 0.1) is 12.2 Å². The number of urea groups is 1. The highest BCUT2D eigenvalue weighted by molar-refractivity contribution is 6.30. The normalized spacial score (nSPS) is 9.84. The molecule has 0 radical (unpaired) electrons. The minimum absolute atomic E-state index is 0.147. The van der Waals surface area contributed by atoms with Gasteiger partial charge in [-0.3, -0.25) is 10.1 Å². The van der Waals surface area contributed by atoms with Crippen molar-refractivity contribution in [2.45, 2.75) is 13.3 Å². The molecule has 0 aliphatic rings. The van der Waals surface area contributed by atoms with E-state index < -0.39 is 17.8 Å². The Morgan fingerprint density at radius 2 is 2.11 bits per heavy atom. The molecule has 0 bridgehead atoms. The van der Waals surface area contributed by atoms with Crippen LogP contribution < -0.4 is 16.0 Å². The van der Waals surface area contributed by atoms with E-state index >= 15 is 0 Å². The van der Waals surface area contributed by atoms with E-state index in [0.717, 1.165) is 12.5 Å². The van der Waals surface area contributed by atoms with E-state index in [-0.39, 0.29) is 17.3 Å². The lowest BCUT2D eigenvalue weighted by atomic mass is 10.3. The van der Waals surface area contributed by atoms with E-state index in [9.17, 15) is 14.0 Å². The van der Waals surface area contributed by atoms with Gasteiger partial charge >= 0.3 is 6.03 Å². The Kier molecular flexibility index (Phi) is 6.08. The van der Waals surface area contributed by atoms with E-state index in [1.54, 1.807) is 0 Å². The first-order chi connectivity index (χ1) is 9.02. The maximum atomic E-state index is 13.4. The molecule has 5 nitrogen and oxygen atoms in total. The summed E-state index contributed by atoms with van der Waals surface area (Å²) in [6, 6.07) is 3.49. The zero-order chi connectivity index (χ0) is 14.3. The van der Waals surface area contributed by atoms with Crippen LogP contribution in [0.3, 0.4) is 0 Å². The van der Waals surface area contributed by atoms with E-state index in [1.807, 2.05) is 6.92 Å². The molecule has 1 aromatic rings. The fourth-order valence-electron chi connectivity index (χ4n) is 1.26. The molecular weight excluding hydrogens is 273 g/mol. The topological polar surface area (TPSA) is 70.2 Å². The molecule has 7 heteroatoms. The quantitative estimate of drug-likeness (QED) is 0.777. The summed E-state index contributed by atoms with van der Waals surface area (Å²) in [7, 11) is 0. The lowest BCUT2D eigenvalue weighted by Crippen LogP contribution is -2.42. The summed E-state index contributed by atoms with van der Waals surface area (Å²) in [6.07, 6.45) is 0.774. The second-order valence-electron chi connectivity index (χ2n) is 3.78. The van der Waals surface area contributed by atoms with E-state index in [1.165, 1.54) is 12.1 Å². The minimum Gasteiger partial charge on any atom is -0.374 e. The number of benzene rings is 1. The van der Waals surface area contributed by atoms with Crippen LogP contribution in [-0.2, 0) is 4.79 Å². The van der Waals surface area contributed by atoms with Gasteiger partial charge in [-0.15, -0.1) is 0 Å². The Balaban J connectivity index is 2.39. The third-order valence-electron chi connectivity index (χ3n) is 2.16. The molecule has 3 amide bonds. The maximum Gasteiger partial charge on any atom is 0.321 e. The highest BCUT2D eigenvalue weighted by Crippen LogP contribution is 2.18. The fourth-order valence-corrected chi connectivity index (χ4v) is 1.42. The van der Waals surface area contributed by atoms with Crippen molar-refractivity contribution in [2.24, 2.45) is 0 Å². The molecule has 0 unspecified atom stereocenters. The first-order valence-corrected chi connectivity index (χ1v) is 6.17. The van der Waals surface area contributed by atoms with Gasteiger partial charge in [-0.25, -0.2) is 9.18 Å². The average molecular weight is 288 g/mol. The Bertz CT molecular complexity index is 468. The molecule has 0 fully saturated rings. The lowest BCUT2D eigenvalue weighted by molar-refractivity contribution is -0.118. The molecule has 1 aromatic carbocycles. The van der Waals surface area contributed by atoms with Crippen LogP contribution in [0.2, 0.25) is 5.02 Å². The molecule has 0 saturated carbocycles. The van der Waals surface area contributed by atoms with Crippen molar-refractivity contribution in [3.05, 3.63) is 29.0 Å². The van der Waals surface area contributed by atoms with E-state index in [0.29, 0.717) is 6.54 Å². The van der Waals surface area contributed by atoms with Crippen LogP contribution in [0.5, 0.6) is 0 Å². The molecule has 0 atom stereocenters. The maximum absolute atomic E-state index is 13.4. The first-order valence-electron chi connectivity index (χ1n) is 5.79. The van der Waals surface area contributed by atoms with Crippen LogP contribution in [0.4, 0.5) is 14.9 Å². The van der Waals surface area contributed by atoms with Crippen molar-refractivity contribution < 1.29 is 14.0 Å². The third-order valence-corrected chi connectivity index (χ3v) is 2.39. The van der Waals surface area contributed by atoms with Crippen LogP contribution in [0, 0.1) is 5.82 Å². The molecule has 0 aliphatic heterocycles. The monoisotopic (exact) mass is 287 g/mol. The summed E-state index contributed by atoms with van der Waals surface area (Å²) in [5.41, 5.74) is 0.147. The van der Waals surface area contributed by atoms with Crippen LogP contribution in [0.25, 0.3) is 0 Å². The van der Waals surface area contributed by atoms with Crippen molar-refractivity contribution >= 4 is 29.2 Å². The smallest absolute Gasteiger partial charge is 0.321 e. The SMILES string of the molecule is CCCNC(=O)NC(=O)CNc1ccc(Cl)cc1F. The van der Waals surface area contributed by atoms with Gasteiger partial charge in [0.2, 0.25) is 5.91 Å². The van der Waals surface area contributed by atoms with Gasteiger partial charge in [-0.1, -0.05) is 18.5 Å².